The van der Waals surface area contributed by atoms with Crippen LogP contribution in [0.5, 0.6) is 5.75 Å². The highest BCUT2D eigenvalue weighted by Gasteiger charge is 2.19. The highest BCUT2D eigenvalue weighted by molar-refractivity contribution is 5.84. The number of carbonyl (C=O) groups is 1. The summed E-state index contributed by atoms with van der Waals surface area (Å²) in [6.45, 7) is -0.327. The number of hydrogen-bond acceptors (Lipinski definition) is 7. The Hall–Kier alpha value is -4.21. The van der Waals surface area contributed by atoms with Gasteiger partial charge in [-0.25, -0.2) is 0 Å². The minimum atomic E-state index is -0.785. The molecule has 3 aromatic carbocycles. The molecule has 0 heterocycles. The maximum atomic E-state index is 11.9. The lowest BCUT2D eigenvalue weighted by Gasteiger charge is -2.10. The van der Waals surface area contributed by atoms with Gasteiger partial charge < -0.3 is 4.74 Å². The van der Waals surface area contributed by atoms with Gasteiger partial charge in [-0.2, -0.15) is 0 Å². The maximum absolute atomic E-state index is 11.9. The minimum absolute atomic E-state index is 0.0883. The van der Waals surface area contributed by atoms with Crippen molar-refractivity contribution in [2.24, 2.45) is 0 Å². The number of hydrazine groups is 1. The number of amides is 1. The molecule has 0 aliphatic carbocycles. The van der Waals surface area contributed by atoms with Gasteiger partial charge in [0.25, 0.3) is 11.6 Å². The zero-order chi connectivity index (χ0) is 20.1. The number of anilines is 1. The number of rotatable bonds is 7. The molecule has 0 radical (unpaired) electrons. The second-order valence-corrected chi connectivity index (χ2v) is 5.69. The summed E-state index contributed by atoms with van der Waals surface area (Å²) in [5.41, 5.74) is 3.59. The molecular weight excluding hydrogens is 368 g/mol. The summed E-state index contributed by atoms with van der Waals surface area (Å²) < 4.78 is 5.42. The molecule has 3 rings (SSSR count). The molecule has 0 saturated heterocycles. The van der Waals surface area contributed by atoms with E-state index in [1.165, 1.54) is 0 Å². The molecule has 0 bridgehead atoms. The quantitative estimate of drug-likeness (QED) is 0.473. The van der Waals surface area contributed by atoms with Crippen molar-refractivity contribution in [1.82, 2.24) is 5.43 Å². The number of benzene rings is 3. The van der Waals surface area contributed by atoms with Crippen molar-refractivity contribution in [1.29, 1.82) is 0 Å². The van der Waals surface area contributed by atoms with Crippen LogP contribution in [-0.4, -0.2) is 22.4 Å². The Morgan fingerprint density at radius 2 is 1.68 bits per heavy atom. The van der Waals surface area contributed by atoms with Gasteiger partial charge in [0.15, 0.2) is 6.61 Å². The van der Waals surface area contributed by atoms with Crippen molar-refractivity contribution in [3.05, 3.63) is 80.9 Å². The monoisotopic (exact) mass is 382 g/mol. The number of fused-ring (bicyclic) bond motifs is 1. The average molecular weight is 382 g/mol. The van der Waals surface area contributed by atoms with Crippen molar-refractivity contribution in [3.8, 4) is 5.75 Å². The van der Waals surface area contributed by atoms with Gasteiger partial charge in [0, 0.05) is 6.07 Å². The third kappa shape index (κ3) is 4.30. The zero-order valence-corrected chi connectivity index (χ0v) is 14.3. The van der Waals surface area contributed by atoms with Crippen molar-refractivity contribution < 1.29 is 19.4 Å². The molecule has 0 aliphatic heterocycles. The van der Waals surface area contributed by atoms with E-state index < -0.39 is 27.1 Å². The van der Waals surface area contributed by atoms with E-state index in [-0.39, 0.29) is 12.3 Å². The van der Waals surface area contributed by atoms with E-state index in [0.717, 1.165) is 29.0 Å². The van der Waals surface area contributed by atoms with Gasteiger partial charge in [0.2, 0.25) is 0 Å². The molecule has 142 valence electrons. The molecular formula is C18H14N4O6. The molecule has 3 aromatic rings. The van der Waals surface area contributed by atoms with E-state index in [1.807, 2.05) is 30.3 Å². The lowest BCUT2D eigenvalue weighted by molar-refractivity contribution is -0.393. The molecule has 0 fully saturated rings. The van der Waals surface area contributed by atoms with E-state index in [2.05, 4.69) is 10.9 Å². The first-order valence-corrected chi connectivity index (χ1v) is 8.03. The standard InChI is InChI=1S/C18H14N4O6/c23-18(11-28-15-7-5-12-3-1-2-4-13(12)9-15)20-19-16-8-6-14(21(24)25)10-17(16)22(26)27/h1-10,19H,11H2,(H,20,23). The Balaban J connectivity index is 1.60. The van der Waals surface area contributed by atoms with Crippen LogP contribution in [0.2, 0.25) is 0 Å². The molecule has 10 heteroatoms. The number of non-ortho nitro benzene ring substituents is 1. The topological polar surface area (TPSA) is 137 Å². The number of ether oxygens (including phenoxy) is 1. The Kier molecular flexibility index (Phi) is 5.30. The Labute approximate surface area is 158 Å². The third-order valence-corrected chi connectivity index (χ3v) is 3.82. The van der Waals surface area contributed by atoms with Crippen molar-refractivity contribution in [2.45, 2.75) is 0 Å². The molecule has 2 N–H and O–H groups in total. The molecule has 0 atom stereocenters. The number of carbonyl (C=O) groups excluding carboxylic acids is 1. The second-order valence-electron chi connectivity index (χ2n) is 5.69. The van der Waals surface area contributed by atoms with Gasteiger partial charge in [0.1, 0.15) is 11.4 Å². The van der Waals surface area contributed by atoms with Crippen molar-refractivity contribution in [2.75, 3.05) is 12.0 Å². The number of nitrogens with one attached hydrogen (secondary N) is 2. The van der Waals surface area contributed by atoms with E-state index in [4.69, 9.17) is 4.74 Å². The molecule has 0 spiro atoms. The fourth-order valence-corrected chi connectivity index (χ4v) is 2.47. The molecule has 28 heavy (non-hydrogen) atoms. The summed E-state index contributed by atoms with van der Waals surface area (Å²) in [6, 6.07) is 16.1. The van der Waals surface area contributed by atoms with Crippen LogP contribution in [0.3, 0.4) is 0 Å². The number of nitro benzene ring substituents is 2. The van der Waals surface area contributed by atoms with Crippen LogP contribution in [0, 0.1) is 20.2 Å². The van der Waals surface area contributed by atoms with Gasteiger partial charge >= 0.3 is 5.69 Å². The average Bonchev–Trinajstić information content (AvgIpc) is 2.70. The summed E-state index contributed by atoms with van der Waals surface area (Å²) in [5, 5.41) is 23.8. The highest BCUT2D eigenvalue weighted by Crippen LogP contribution is 2.28. The van der Waals surface area contributed by atoms with Gasteiger partial charge in [-0.1, -0.05) is 30.3 Å². The number of nitrogens with zero attached hydrogens (tertiary/aromatic N) is 2. The number of hydrogen-bond donors (Lipinski definition) is 2. The smallest absolute Gasteiger partial charge is 0.300 e. The fourth-order valence-electron chi connectivity index (χ4n) is 2.47. The normalized spacial score (nSPS) is 10.3. The van der Waals surface area contributed by atoms with E-state index in [0.29, 0.717) is 5.75 Å². The molecule has 0 saturated carbocycles. The molecule has 0 unspecified atom stereocenters. The lowest BCUT2D eigenvalue weighted by Crippen LogP contribution is -2.33. The third-order valence-electron chi connectivity index (χ3n) is 3.82. The first-order valence-electron chi connectivity index (χ1n) is 8.03. The van der Waals surface area contributed by atoms with E-state index >= 15 is 0 Å². The van der Waals surface area contributed by atoms with Crippen molar-refractivity contribution in [3.63, 3.8) is 0 Å². The molecule has 0 aliphatic rings. The van der Waals surface area contributed by atoms with Crippen LogP contribution in [-0.2, 0) is 4.79 Å². The maximum Gasteiger partial charge on any atom is 0.300 e. The van der Waals surface area contributed by atoms with Crippen molar-refractivity contribution >= 4 is 33.7 Å². The lowest BCUT2D eigenvalue weighted by atomic mass is 10.1. The first kappa shape index (κ1) is 18.6. The van der Waals surface area contributed by atoms with Crippen LogP contribution in [0.15, 0.2) is 60.7 Å². The molecule has 0 aromatic heterocycles. The van der Waals surface area contributed by atoms with E-state index in [9.17, 15) is 25.0 Å². The van der Waals surface area contributed by atoms with Crippen LogP contribution in [0.4, 0.5) is 17.1 Å². The number of nitro groups is 2. The SMILES string of the molecule is O=C(COc1ccc2ccccc2c1)NNc1ccc([N+](=O)[O-])cc1[N+](=O)[O-]. The Bertz CT molecular complexity index is 1070. The summed E-state index contributed by atoms with van der Waals surface area (Å²) in [6.07, 6.45) is 0. The predicted molar refractivity (Wildman–Crippen MR) is 101 cm³/mol. The molecule has 1 amide bonds. The summed E-state index contributed by atoms with van der Waals surface area (Å²) in [4.78, 5) is 32.2. The van der Waals surface area contributed by atoms with Gasteiger partial charge in [-0.15, -0.1) is 0 Å². The van der Waals surface area contributed by atoms with Crippen LogP contribution >= 0.6 is 0 Å². The zero-order valence-electron chi connectivity index (χ0n) is 14.3. The summed E-state index contributed by atoms with van der Waals surface area (Å²) in [7, 11) is 0. The predicted octanol–water partition coefficient (Wildman–Crippen LogP) is 3.18. The Morgan fingerprint density at radius 1 is 0.929 bits per heavy atom. The van der Waals surface area contributed by atoms with Crippen LogP contribution in [0.25, 0.3) is 10.8 Å². The fraction of sp³-hybridized carbons (Fsp3) is 0.0556. The van der Waals surface area contributed by atoms with Gasteiger partial charge in [0.05, 0.1) is 15.9 Å². The highest BCUT2D eigenvalue weighted by atomic mass is 16.6. The van der Waals surface area contributed by atoms with E-state index in [1.54, 1.807) is 12.1 Å². The van der Waals surface area contributed by atoms with Gasteiger partial charge in [-0.3, -0.25) is 35.9 Å². The largest absolute Gasteiger partial charge is 0.484 e. The molecule has 10 nitrogen and oxygen atoms in total. The minimum Gasteiger partial charge on any atom is -0.484 e. The summed E-state index contributed by atoms with van der Waals surface area (Å²) >= 11 is 0. The van der Waals surface area contributed by atoms with Crippen LogP contribution in [0.1, 0.15) is 0 Å². The first-order chi connectivity index (χ1) is 13.4. The van der Waals surface area contributed by atoms with Gasteiger partial charge in [-0.05, 0) is 29.0 Å². The Morgan fingerprint density at radius 3 is 2.39 bits per heavy atom. The second kappa shape index (κ2) is 7.99. The summed E-state index contributed by atoms with van der Waals surface area (Å²) in [5.74, 6) is -0.0871. The van der Waals surface area contributed by atoms with Crippen LogP contribution < -0.4 is 15.6 Å².